The zero-order chi connectivity index (χ0) is 23.4. The standard InChI is InChI=1S/C22H22ClN3O6S/c23-18-7-5-17(33-18)6-8-19(28)26-12-16(27)11-21(26)32-22(30)24-14-1-3-15(4-2-14)25-9-10-31-13-20(25)29/h1-8,16,21,27H,9-13H2,(H,24,30)/b8-6+/t16-,21-/m1/s1. The number of carbonyl (C=O) groups is 3. The lowest BCUT2D eigenvalue weighted by Crippen LogP contribution is -2.41. The second-order valence-corrected chi connectivity index (χ2v) is 9.23. The van der Waals surface area contributed by atoms with E-state index in [9.17, 15) is 19.5 Å². The highest BCUT2D eigenvalue weighted by Crippen LogP contribution is 2.24. The number of ether oxygens (including phenoxy) is 2. The molecule has 3 amide bonds. The predicted octanol–water partition coefficient (Wildman–Crippen LogP) is 2.95. The first-order valence-corrected chi connectivity index (χ1v) is 11.5. The van der Waals surface area contributed by atoms with Gasteiger partial charge < -0.3 is 24.4 Å². The van der Waals surface area contributed by atoms with Crippen LogP contribution < -0.4 is 10.2 Å². The lowest BCUT2D eigenvalue weighted by atomic mass is 10.2. The van der Waals surface area contributed by atoms with Crippen LogP contribution in [0.25, 0.3) is 6.08 Å². The maximum absolute atomic E-state index is 12.6. The molecule has 0 bridgehead atoms. The molecule has 2 saturated heterocycles. The smallest absolute Gasteiger partial charge is 0.413 e. The fourth-order valence-electron chi connectivity index (χ4n) is 3.58. The van der Waals surface area contributed by atoms with Gasteiger partial charge >= 0.3 is 6.09 Å². The van der Waals surface area contributed by atoms with E-state index in [-0.39, 0.29) is 31.4 Å². The molecule has 2 aliphatic heterocycles. The van der Waals surface area contributed by atoms with E-state index in [2.05, 4.69) is 5.32 Å². The number of halogens is 1. The highest BCUT2D eigenvalue weighted by Gasteiger charge is 2.36. The van der Waals surface area contributed by atoms with Crippen LogP contribution in [-0.4, -0.2) is 66.5 Å². The molecule has 1 aromatic carbocycles. The Labute approximate surface area is 199 Å². The minimum absolute atomic E-state index is 0.0467. The van der Waals surface area contributed by atoms with Crippen LogP contribution in [0.4, 0.5) is 16.2 Å². The number of anilines is 2. The quantitative estimate of drug-likeness (QED) is 0.622. The Bertz CT molecular complexity index is 1060. The SMILES string of the molecule is O=C(Nc1ccc(N2CCOCC2=O)cc1)O[C@@H]1C[C@@H](O)CN1C(=O)/C=C/c1ccc(Cl)s1. The van der Waals surface area contributed by atoms with E-state index in [1.807, 2.05) is 0 Å². The zero-order valence-corrected chi connectivity index (χ0v) is 19.1. The van der Waals surface area contributed by atoms with Gasteiger partial charge in [0.1, 0.15) is 6.61 Å². The van der Waals surface area contributed by atoms with Crippen LogP contribution >= 0.6 is 22.9 Å². The number of nitrogens with one attached hydrogen (secondary N) is 1. The maximum Gasteiger partial charge on any atom is 0.413 e. The molecule has 33 heavy (non-hydrogen) atoms. The highest BCUT2D eigenvalue weighted by atomic mass is 35.5. The number of aliphatic hydroxyl groups excluding tert-OH is 1. The van der Waals surface area contributed by atoms with E-state index in [0.29, 0.717) is 28.9 Å². The number of β-amino-alcohol motifs (C(OH)–C–C–N with tert-alkyl or cyclic N) is 1. The average molecular weight is 492 g/mol. The van der Waals surface area contributed by atoms with Crippen molar-refractivity contribution in [2.45, 2.75) is 18.8 Å². The van der Waals surface area contributed by atoms with Gasteiger partial charge in [-0.15, -0.1) is 11.3 Å². The van der Waals surface area contributed by atoms with Crippen molar-refractivity contribution in [2.75, 3.05) is 36.5 Å². The van der Waals surface area contributed by atoms with Crippen LogP contribution in [0.3, 0.4) is 0 Å². The highest BCUT2D eigenvalue weighted by molar-refractivity contribution is 7.17. The van der Waals surface area contributed by atoms with Gasteiger partial charge in [0.25, 0.3) is 5.91 Å². The van der Waals surface area contributed by atoms with E-state index in [4.69, 9.17) is 21.1 Å². The Morgan fingerprint density at radius 3 is 2.73 bits per heavy atom. The lowest BCUT2D eigenvalue weighted by molar-refractivity contribution is -0.132. The van der Waals surface area contributed by atoms with Gasteiger partial charge in [0.15, 0.2) is 6.23 Å². The molecule has 2 fully saturated rings. The van der Waals surface area contributed by atoms with Gasteiger partial charge in [-0.3, -0.25) is 14.9 Å². The van der Waals surface area contributed by atoms with Crippen molar-refractivity contribution < 1.29 is 29.0 Å². The summed E-state index contributed by atoms with van der Waals surface area (Å²) in [5.41, 5.74) is 1.17. The summed E-state index contributed by atoms with van der Waals surface area (Å²) in [6.45, 7) is 1.05. The fraction of sp³-hybridized carbons (Fsp3) is 0.318. The molecule has 2 N–H and O–H groups in total. The maximum atomic E-state index is 12.6. The van der Waals surface area contributed by atoms with Gasteiger partial charge in [0, 0.05) is 35.3 Å². The first-order chi connectivity index (χ1) is 15.9. The summed E-state index contributed by atoms with van der Waals surface area (Å²) in [4.78, 5) is 40.7. The molecular weight excluding hydrogens is 470 g/mol. The molecule has 4 rings (SSSR count). The van der Waals surface area contributed by atoms with Gasteiger partial charge in [0.2, 0.25) is 5.91 Å². The molecule has 1 aromatic heterocycles. The first-order valence-electron chi connectivity index (χ1n) is 10.3. The van der Waals surface area contributed by atoms with Crippen molar-refractivity contribution in [2.24, 2.45) is 0 Å². The van der Waals surface area contributed by atoms with Crippen molar-refractivity contribution in [3.63, 3.8) is 0 Å². The second-order valence-electron chi connectivity index (χ2n) is 7.49. The average Bonchev–Trinajstić information content (AvgIpc) is 3.37. The number of morpholine rings is 1. The molecule has 0 spiro atoms. The zero-order valence-electron chi connectivity index (χ0n) is 17.5. The molecule has 0 saturated carbocycles. The van der Waals surface area contributed by atoms with Crippen molar-refractivity contribution >= 4 is 58.3 Å². The molecule has 3 heterocycles. The number of aliphatic hydroxyl groups is 1. The fourth-order valence-corrected chi connectivity index (χ4v) is 4.54. The number of amides is 3. The van der Waals surface area contributed by atoms with Gasteiger partial charge in [-0.05, 0) is 42.5 Å². The molecule has 0 radical (unpaired) electrons. The summed E-state index contributed by atoms with van der Waals surface area (Å²) in [7, 11) is 0. The number of benzene rings is 1. The summed E-state index contributed by atoms with van der Waals surface area (Å²) in [6, 6.07) is 10.3. The number of rotatable bonds is 5. The number of carbonyl (C=O) groups excluding carboxylic acids is 3. The van der Waals surface area contributed by atoms with Crippen LogP contribution in [0.1, 0.15) is 11.3 Å². The van der Waals surface area contributed by atoms with Gasteiger partial charge in [-0.25, -0.2) is 4.79 Å². The topological polar surface area (TPSA) is 108 Å². The van der Waals surface area contributed by atoms with Gasteiger partial charge in [0.05, 0.1) is 23.6 Å². The van der Waals surface area contributed by atoms with Crippen LogP contribution in [0.5, 0.6) is 0 Å². The van der Waals surface area contributed by atoms with E-state index in [1.54, 1.807) is 47.4 Å². The van der Waals surface area contributed by atoms with Crippen LogP contribution in [0.2, 0.25) is 4.34 Å². The number of thiophene rings is 1. The van der Waals surface area contributed by atoms with Crippen LogP contribution in [-0.2, 0) is 19.1 Å². The lowest BCUT2D eigenvalue weighted by Gasteiger charge is -2.27. The van der Waals surface area contributed by atoms with Crippen LogP contribution in [0, 0.1) is 0 Å². The third kappa shape index (κ3) is 5.91. The number of hydrogen-bond acceptors (Lipinski definition) is 7. The summed E-state index contributed by atoms with van der Waals surface area (Å²) in [6.07, 6.45) is 0.671. The van der Waals surface area contributed by atoms with Gasteiger partial charge in [-0.1, -0.05) is 11.6 Å². The number of nitrogens with zero attached hydrogens (tertiary/aromatic N) is 2. The Kier molecular flexibility index (Phi) is 7.29. The van der Waals surface area contributed by atoms with Crippen molar-refractivity contribution in [1.29, 1.82) is 0 Å². The minimum atomic E-state index is -0.894. The van der Waals surface area contributed by atoms with Gasteiger partial charge in [-0.2, -0.15) is 0 Å². The van der Waals surface area contributed by atoms with E-state index < -0.39 is 18.4 Å². The van der Waals surface area contributed by atoms with E-state index in [1.165, 1.54) is 22.3 Å². The first kappa shape index (κ1) is 23.2. The Morgan fingerprint density at radius 2 is 2.03 bits per heavy atom. The molecule has 174 valence electrons. The van der Waals surface area contributed by atoms with E-state index in [0.717, 1.165) is 4.88 Å². The Morgan fingerprint density at radius 1 is 1.24 bits per heavy atom. The largest absolute Gasteiger partial charge is 0.425 e. The number of hydrogen-bond donors (Lipinski definition) is 2. The minimum Gasteiger partial charge on any atom is -0.425 e. The number of likely N-dealkylation sites (tertiary alicyclic amines) is 1. The summed E-state index contributed by atoms with van der Waals surface area (Å²) in [5.74, 6) is -0.504. The van der Waals surface area contributed by atoms with E-state index >= 15 is 0 Å². The summed E-state index contributed by atoms with van der Waals surface area (Å²) < 4.78 is 11.1. The molecule has 0 unspecified atom stereocenters. The monoisotopic (exact) mass is 491 g/mol. The third-order valence-corrected chi connectivity index (χ3v) is 6.35. The molecule has 11 heteroatoms. The van der Waals surface area contributed by atoms with Crippen molar-refractivity contribution in [1.82, 2.24) is 4.90 Å². The van der Waals surface area contributed by atoms with Crippen molar-refractivity contribution in [3.8, 4) is 0 Å². The predicted molar refractivity (Wildman–Crippen MR) is 124 cm³/mol. The van der Waals surface area contributed by atoms with Crippen LogP contribution in [0.15, 0.2) is 42.5 Å². The normalized spacial score (nSPS) is 21.0. The molecule has 2 atom stereocenters. The summed E-state index contributed by atoms with van der Waals surface area (Å²) >= 11 is 7.22. The molecular formula is C22H22ClN3O6S. The molecule has 2 aromatic rings. The Balaban J connectivity index is 1.34. The van der Waals surface area contributed by atoms with Crippen molar-refractivity contribution in [3.05, 3.63) is 51.7 Å². The third-order valence-electron chi connectivity index (χ3n) is 5.15. The summed E-state index contributed by atoms with van der Waals surface area (Å²) in [5, 5.41) is 12.6. The Hall–Kier alpha value is -2.92. The molecule has 9 nitrogen and oxygen atoms in total. The molecule has 2 aliphatic rings. The molecule has 0 aliphatic carbocycles. The second kappa shape index (κ2) is 10.3.